The Kier molecular flexibility index (Phi) is 26.9. The Morgan fingerprint density at radius 2 is 0.617 bits per heavy atom. The van der Waals surface area contributed by atoms with Crippen molar-refractivity contribution in [2.75, 3.05) is 41.2 Å². The Morgan fingerprint density at radius 1 is 0.400 bits per heavy atom. The molecule has 0 amide bonds. The van der Waals surface area contributed by atoms with Crippen molar-refractivity contribution < 1.29 is 72.4 Å². The summed E-state index contributed by atoms with van der Waals surface area (Å²) in [7, 11) is 3.98. The molecular weight excluding hydrogens is 1620 g/mol. The third kappa shape index (κ3) is 17.1. The minimum absolute atomic E-state index is 0.0197. The maximum atomic E-state index is 14.3. The average Bonchev–Trinajstić information content (AvgIpc) is 1.53. The predicted octanol–water partition coefficient (Wildman–Crippen LogP) is 7.48. The van der Waals surface area contributed by atoms with Gasteiger partial charge in [0, 0.05) is 52.6 Å². The molecule has 0 saturated carbocycles. The highest BCUT2D eigenvalue weighted by Gasteiger charge is 2.44. The number of aliphatic hydroxyl groups is 6. The highest BCUT2D eigenvalue weighted by atomic mass is 32.1. The number of hydrogen-bond donors (Lipinski definition) is 6. The maximum absolute atomic E-state index is 14.3. The molecule has 3 aromatic carbocycles. The number of benzene rings is 3. The third-order valence-corrected chi connectivity index (χ3v) is 24.7. The lowest BCUT2D eigenvalue weighted by Gasteiger charge is -2.31. The van der Waals surface area contributed by atoms with Gasteiger partial charge in [-0.25, -0.2) is 41.3 Å². The van der Waals surface area contributed by atoms with Gasteiger partial charge in [-0.3, -0.25) is 42.5 Å². The Hall–Kier alpha value is -11.0. The van der Waals surface area contributed by atoms with E-state index in [0.29, 0.717) is 31.7 Å². The van der Waals surface area contributed by atoms with E-state index in [0.717, 1.165) is 97.8 Å². The first kappa shape index (κ1) is 91.3. The Balaban J connectivity index is 0.000000189. The van der Waals surface area contributed by atoms with Crippen molar-refractivity contribution in [2.24, 2.45) is 17.8 Å². The summed E-state index contributed by atoms with van der Waals surface area (Å²) in [6.45, 7) is 20.7. The van der Waals surface area contributed by atoms with Crippen LogP contribution in [-0.4, -0.2) is 162 Å². The van der Waals surface area contributed by atoms with Crippen LogP contribution >= 0.6 is 34.0 Å². The number of Topliss-reactive ketones (excluding diaryl/α,β-unsaturated/α-hetero) is 3. The van der Waals surface area contributed by atoms with Gasteiger partial charge >= 0.3 is 17.1 Å². The molecule has 9 aromatic heterocycles. The van der Waals surface area contributed by atoms with Crippen molar-refractivity contribution in [1.82, 2.24) is 72.4 Å². The lowest BCUT2D eigenvalue weighted by Crippen LogP contribution is -2.54. The summed E-state index contributed by atoms with van der Waals surface area (Å²) < 4.78 is 64.8. The molecule has 120 heavy (non-hydrogen) atoms. The van der Waals surface area contributed by atoms with E-state index in [1.54, 1.807) is 20.8 Å². The quantitative estimate of drug-likeness (QED) is 0.0254. The zero-order valence-electron chi connectivity index (χ0n) is 69.4. The molecule has 0 aliphatic heterocycles. The first-order chi connectivity index (χ1) is 56.3. The summed E-state index contributed by atoms with van der Waals surface area (Å²) in [6, 6.07) is 10.4. The Bertz CT molecular complexity index is 5660. The van der Waals surface area contributed by atoms with Gasteiger partial charge in [0.05, 0.1) is 114 Å². The molecule has 1 unspecified atom stereocenters. The molecule has 0 aliphatic rings. The maximum Gasteiger partial charge on any atom is 0.333 e. The van der Waals surface area contributed by atoms with Gasteiger partial charge in [-0.2, -0.15) is 30.6 Å². The van der Waals surface area contributed by atoms with Gasteiger partial charge in [0.25, 0.3) is 16.7 Å². The Morgan fingerprint density at radius 3 is 0.808 bits per heavy atom. The zero-order chi connectivity index (χ0) is 88.7. The number of carbonyl (C=O) groups is 3. The fourth-order valence-electron chi connectivity index (χ4n) is 14.2. The van der Waals surface area contributed by atoms with Crippen LogP contribution in [0.4, 0.5) is 13.2 Å². The van der Waals surface area contributed by atoms with E-state index in [1.807, 2.05) is 41.5 Å². The summed E-state index contributed by atoms with van der Waals surface area (Å²) in [6.07, 6.45) is 9.16. The van der Waals surface area contributed by atoms with Gasteiger partial charge < -0.3 is 44.8 Å². The van der Waals surface area contributed by atoms with Crippen LogP contribution in [0.15, 0.2) is 121 Å². The number of nitrogens with zero attached hydrogens (tertiary/aromatic N) is 15. The van der Waals surface area contributed by atoms with Gasteiger partial charge in [-0.1, -0.05) is 75.6 Å². The molecule has 12 rings (SSSR count). The van der Waals surface area contributed by atoms with Crippen LogP contribution in [0.2, 0.25) is 0 Å². The minimum atomic E-state index is -2.21. The van der Waals surface area contributed by atoms with Gasteiger partial charge in [-0.05, 0) is 135 Å². The molecule has 0 aliphatic carbocycles. The average molecular weight is 1720 g/mol. The highest BCUT2D eigenvalue weighted by Crippen LogP contribution is 2.41. The molecule has 0 saturated heterocycles. The molecule has 12 aromatic rings. The molecule has 0 bridgehead atoms. The normalized spacial score (nSPS) is 13.7. The van der Waals surface area contributed by atoms with Crippen LogP contribution in [0.25, 0.3) is 45.7 Å². The summed E-state index contributed by atoms with van der Waals surface area (Å²) in [4.78, 5) is 129. The second-order valence-electron chi connectivity index (χ2n) is 32.0. The van der Waals surface area contributed by atoms with E-state index >= 15 is 0 Å². The van der Waals surface area contributed by atoms with Crippen molar-refractivity contribution in [3.8, 4) is 32.3 Å². The second kappa shape index (κ2) is 35.3. The molecule has 0 fully saturated rings. The van der Waals surface area contributed by atoms with Crippen molar-refractivity contribution >= 4 is 82.0 Å². The Labute approximate surface area is 695 Å². The van der Waals surface area contributed by atoms with Gasteiger partial charge in [0.1, 0.15) is 97.6 Å². The molecular formula is C81H96F3N15O18S3. The summed E-state index contributed by atoms with van der Waals surface area (Å²) >= 11 is 3.12. The summed E-state index contributed by atoms with van der Waals surface area (Å²) in [5, 5.41) is 92.8. The van der Waals surface area contributed by atoms with Gasteiger partial charge in [-0.15, -0.1) is 14.4 Å². The lowest BCUT2D eigenvalue weighted by atomic mass is 9.91. The third-order valence-electron chi connectivity index (χ3n) is 20.9. The second-order valence-corrected chi connectivity index (χ2v) is 34.9. The zero-order valence-corrected chi connectivity index (χ0v) is 71.9. The molecule has 0 spiro atoms. The van der Waals surface area contributed by atoms with E-state index in [2.05, 4.69) is 30.6 Å². The summed E-state index contributed by atoms with van der Waals surface area (Å²) in [5.74, 6) is -2.82. The standard InChI is InChI=1S/3C27H32FN5O6S/c3*1-15(2)11-20(35)26(4,5)32-22(36)21-16(3)23(33-29-9-10-30-33)40-24(21)31(25(32)37)13-27(38,14-34)18-12-17(28)7-8-19(18)39-6/h3*7-10,12,15,34,38H,11,13-14H2,1-6H3/t2*27-;/m10./s1. The number of halogens is 3. The van der Waals surface area contributed by atoms with Gasteiger partial charge in [0.15, 0.2) is 17.3 Å². The van der Waals surface area contributed by atoms with Crippen LogP contribution < -0.4 is 48.0 Å². The number of fused-ring (bicyclic) bond motifs is 3. The number of ketones is 3. The number of thiophene rings is 3. The van der Waals surface area contributed by atoms with Crippen molar-refractivity contribution in [2.45, 2.75) is 176 Å². The van der Waals surface area contributed by atoms with E-state index in [1.165, 1.54) is 133 Å². The number of ether oxygens (including phenoxy) is 3. The van der Waals surface area contributed by atoms with Crippen molar-refractivity contribution in [3.05, 3.63) is 205 Å². The van der Waals surface area contributed by atoms with E-state index in [4.69, 9.17) is 14.2 Å². The number of carbonyl (C=O) groups excluding carboxylic acids is 3. The molecule has 6 N–H and O–H groups in total. The number of rotatable bonds is 30. The predicted molar refractivity (Wildman–Crippen MR) is 443 cm³/mol. The molecule has 9 heterocycles. The van der Waals surface area contributed by atoms with Crippen LogP contribution in [0.5, 0.6) is 17.2 Å². The first-order valence-electron chi connectivity index (χ1n) is 37.9. The number of methoxy groups -OCH3 is 3. The van der Waals surface area contributed by atoms with Crippen molar-refractivity contribution in [1.29, 1.82) is 0 Å². The van der Waals surface area contributed by atoms with E-state index < -0.39 is 124 Å². The first-order valence-corrected chi connectivity index (χ1v) is 40.3. The molecule has 0 radical (unpaired) electrons. The molecule has 642 valence electrons. The largest absolute Gasteiger partial charge is 0.496 e. The lowest BCUT2D eigenvalue weighted by molar-refractivity contribution is -0.127. The smallest absolute Gasteiger partial charge is 0.333 e. The van der Waals surface area contributed by atoms with Crippen LogP contribution in [0.3, 0.4) is 0 Å². The van der Waals surface area contributed by atoms with E-state index in [9.17, 15) is 87.0 Å². The van der Waals surface area contributed by atoms with Crippen LogP contribution in [0.1, 0.15) is 136 Å². The number of aromatic nitrogens is 15. The van der Waals surface area contributed by atoms with Crippen LogP contribution in [-0.2, 0) is 67.4 Å². The topological polar surface area (TPSA) is 424 Å². The fourth-order valence-corrected chi connectivity index (χ4v) is 17.9. The highest BCUT2D eigenvalue weighted by molar-refractivity contribution is 7.22. The van der Waals surface area contributed by atoms with Crippen molar-refractivity contribution in [3.63, 3.8) is 0 Å². The number of hydrogen-bond acceptors (Lipinski definition) is 27. The SMILES string of the molecule is COc1ccc(F)cc1C(O)(CO)Cn1c(=O)n(C(C)(C)C(=O)CC(C)C)c(=O)c2c(C)c(-n3nccn3)sc21.COc1ccc(F)cc1[C@@](O)(CO)Cn1c(=O)n(C(C)(C)C(=O)CC(C)C)c(=O)c2c(C)c(-n3nccn3)sc21.COc1ccc(F)cc1[C@](O)(CO)Cn1c(=O)n(C(C)(C)C(=O)CC(C)C)c(=O)c2c(C)c(-n3nccn3)sc21. The molecule has 33 nitrogen and oxygen atoms in total. The van der Waals surface area contributed by atoms with Crippen LogP contribution in [0, 0.1) is 56.0 Å². The monoisotopic (exact) mass is 1720 g/mol. The number of aliphatic hydroxyl groups excluding tert-OH is 3. The molecule has 39 heteroatoms. The van der Waals surface area contributed by atoms with E-state index in [-0.39, 0.29) is 119 Å². The summed E-state index contributed by atoms with van der Waals surface area (Å²) in [5.41, 5.74) is -14.8. The van der Waals surface area contributed by atoms with Gasteiger partial charge in [0.2, 0.25) is 0 Å². The molecule has 3 atom stereocenters. The number of aryl methyl sites for hydroxylation is 3. The fraction of sp³-hybridized carbons (Fsp3) is 0.444. The minimum Gasteiger partial charge on any atom is -0.496 e.